The monoisotopic (exact) mass is 576 g/mol. The minimum absolute atomic E-state index is 0.0644. The first-order valence-electron chi connectivity index (χ1n) is 15.8. The number of ether oxygens (including phenoxy) is 2. The van der Waals surface area contributed by atoms with Gasteiger partial charge < -0.3 is 20.1 Å². The zero-order chi connectivity index (χ0) is 31.1. The summed E-state index contributed by atoms with van der Waals surface area (Å²) in [4.78, 5) is 14.5. The lowest BCUT2D eigenvalue weighted by atomic mass is 9.98. The predicted molar refractivity (Wildman–Crippen MR) is 178 cm³/mol. The SMILES string of the molecule is C=C(C)/C(C)=C/c1ccccc1C.CCC1CCOCC1.CCCOc1cc(C(=O)N2CCCC(N)C2)cc(C)c1C. The lowest BCUT2D eigenvalue weighted by molar-refractivity contribution is 0.0653. The topological polar surface area (TPSA) is 64.8 Å². The molecule has 0 saturated carbocycles. The molecule has 1 amide bonds. The van der Waals surface area contributed by atoms with Crippen LogP contribution in [-0.4, -0.2) is 49.8 Å². The van der Waals surface area contributed by atoms with Crippen molar-refractivity contribution in [2.24, 2.45) is 11.7 Å². The highest BCUT2D eigenvalue weighted by Crippen LogP contribution is 2.25. The minimum atomic E-state index is 0.0644. The Balaban J connectivity index is 0.000000248. The molecule has 0 spiro atoms. The molecule has 2 aromatic carbocycles. The molecular formula is C37H56N2O3. The van der Waals surface area contributed by atoms with E-state index in [0.29, 0.717) is 18.7 Å². The third-order valence-electron chi connectivity index (χ3n) is 8.23. The van der Waals surface area contributed by atoms with Crippen molar-refractivity contribution in [3.8, 4) is 5.75 Å². The van der Waals surface area contributed by atoms with E-state index in [1.807, 2.05) is 37.8 Å². The summed E-state index contributed by atoms with van der Waals surface area (Å²) in [6.45, 7) is 22.7. The molecule has 1 atom stereocenters. The van der Waals surface area contributed by atoms with E-state index in [0.717, 1.165) is 67.4 Å². The molecule has 2 aromatic rings. The Labute approximate surface area is 256 Å². The third-order valence-corrected chi connectivity index (χ3v) is 8.23. The molecular weight excluding hydrogens is 520 g/mol. The Bertz CT molecular complexity index is 1160. The number of hydrogen-bond donors (Lipinski definition) is 1. The summed E-state index contributed by atoms with van der Waals surface area (Å²) in [6.07, 6.45) is 9.03. The molecule has 0 radical (unpaired) electrons. The summed E-state index contributed by atoms with van der Waals surface area (Å²) in [7, 11) is 0. The van der Waals surface area contributed by atoms with Crippen LogP contribution in [-0.2, 0) is 4.74 Å². The molecule has 0 aliphatic carbocycles. The van der Waals surface area contributed by atoms with Crippen LogP contribution in [0.25, 0.3) is 6.08 Å². The number of carbonyl (C=O) groups is 1. The van der Waals surface area contributed by atoms with Gasteiger partial charge in [0.25, 0.3) is 5.91 Å². The average molecular weight is 577 g/mol. The lowest BCUT2D eigenvalue weighted by Crippen LogP contribution is -2.45. The number of carbonyl (C=O) groups excluding carboxylic acids is 1. The second kappa shape index (κ2) is 18.6. The van der Waals surface area contributed by atoms with Crippen molar-refractivity contribution in [3.05, 3.63) is 81.9 Å². The fraction of sp³-hybridized carbons (Fsp3) is 0.541. The number of amides is 1. The van der Waals surface area contributed by atoms with E-state index in [9.17, 15) is 4.79 Å². The van der Waals surface area contributed by atoms with Crippen LogP contribution in [0.5, 0.6) is 5.75 Å². The number of nitrogens with zero attached hydrogens (tertiary/aromatic N) is 1. The molecule has 0 bridgehead atoms. The quantitative estimate of drug-likeness (QED) is 0.336. The van der Waals surface area contributed by atoms with E-state index in [4.69, 9.17) is 15.2 Å². The smallest absolute Gasteiger partial charge is 0.254 e. The van der Waals surface area contributed by atoms with Gasteiger partial charge in [-0.1, -0.05) is 62.8 Å². The third kappa shape index (κ3) is 11.8. The number of likely N-dealkylation sites (tertiary alicyclic amines) is 1. The van der Waals surface area contributed by atoms with Crippen LogP contribution in [0, 0.1) is 26.7 Å². The van der Waals surface area contributed by atoms with Gasteiger partial charge in [0, 0.05) is 37.9 Å². The van der Waals surface area contributed by atoms with Crippen LogP contribution in [0.1, 0.15) is 98.8 Å². The molecule has 1 unspecified atom stereocenters. The van der Waals surface area contributed by atoms with Crippen molar-refractivity contribution in [3.63, 3.8) is 0 Å². The van der Waals surface area contributed by atoms with Crippen LogP contribution < -0.4 is 10.5 Å². The van der Waals surface area contributed by atoms with Gasteiger partial charge in [0.15, 0.2) is 0 Å². The Hall–Kier alpha value is -2.89. The van der Waals surface area contributed by atoms with E-state index in [-0.39, 0.29) is 11.9 Å². The Morgan fingerprint density at radius 2 is 1.76 bits per heavy atom. The molecule has 2 aliphatic rings. The van der Waals surface area contributed by atoms with Crippen LogP contribution in [0.4, 0.5) is 0 Å². The Morgan fingerprint density at radius 3 is 2.33 bits per heavy atom. The summed E-state index contributed by atoms with van der Waals surface area (Å²) in [5.74, 6) is 1.85. The minimum Gasteiger partial charge on any atom is -0.493 e. The van der Waals surface area contributed by atoms with Gasteiger partial charge in [0.2, 0.25) is 0 Å². The molecule has 42 heavy (non-hydrogen) atoms. The number of hydrogen-bond acceptors (Lipinski definition) is 4. The average Bonchev–Trinajstić information content (AvgIpc) is 2.99. The molecule has 5 nitrogen and oxygen atoms in total. The molecule has 5 heteroatoms. The summed E-state index contributed by atoms with van der Waals surface area (Å²) in [6, 6.07) is 12.3. The zero-order valence-electron chi connectivity index (χ0n) is 27.4. The first-order chi connectivity index (χ1) is 20.1. The second-order valence-electron chi connectivity index (χ2n) is 11.8. The van der Waals surface area contributed by atoms with Crippen molar-refractivity contribution < 1.29 is 14.3 Å². The standard InChI is InChI=1S/C17H26N2O2.C13H16.C7H14O/c1-4-8-21-16-10-14(9-12(2)13(16)3)17(20)19-7-5-6-15(18)11-19;1-10(2)12(4)9-13-8-6-5-7-11(13)3;1-2-7-3-5-8-6-4-7/h9-10,15H,4-8,11,18H2,1-3H3;5-9H,1H2,2-4H3;7H,2-6H2,1H3/b;12-9+;. The fourth-order valence-electron chi connectivity index (χ4n) is 4.95. The van der Waals surface area contributed by atoms with Crippen molar-refractivity contribution in [1.82, 2.24) is 4.90 Å². The number of piperidine rings is 1. The highest BCUT2D eigenvalue weighted by molar-refractivity contribution is 5.95. The molecule has 2 aliphatic heterocycles. The van der Waals surface area contributed by atoms with E-state index in [1.54, 1.807) is 0 Å². The van der Waals surface area contributed by atoms with Crippen molar-refractivity contribution in [2.45, 2.75) is 93.0 Å². The van der Waals surface area contributed by atoms with Crippen LogP contribution in [0.3, 0.4) is 0 Å². The van der Waals surface area contributed by atoms with Crippen LogP contribution in [0.15, 0.2) is 54.1 Å². The predicted octanol–water partition coefficient (Wildman–Crippen LogP) is 8.45. The summed E-state index contributed by atoms with van der Waals surface area (Å²) >= 11 is 0. The Kier molecular flexibility index (Phi) is 15.6. The normalized spacial score (nSPS) is 17.4. The molecule has 4 rings (SSSR count). The van der Waals surface area contributed by atoms with Gasteiger partial charge in [-0.3, -0.25) is 4.79 Å². The highest BCUT2D eigenvalue weighted by Gasteiger charge is 2.23. The van der Waals surface area contributed by atoms with Crippen LogP contribution in [0.2, 0.25) is 0 Å². The van der Waals surface area contributed by atoms with Gasteiger partial charge >= 0.3 is 0 Å². The molecule has 2 fully saturated rings. The second-order valence-corrected chi connectivity index (χ2v) is 11.8. The number of rotatable bonds is 7. The van der Waals surface area contributed by atoms with E-state index in [1.165, 1.54) is 36.0 Å². The summed E-state index contributed by atoms with van der Waals surface area (Å²) in [5.41, 5.74) is 13.8. The lowest BCUT2D eigenvalue weighted by Gasteiger charge is -2.31. The maximum absolute atomic E-state index is 12.6. The van der Waals surface area contributed by atoms with E-state index >= 15 is 0 Å². The van der Waals surface area contributed by atoms with Gasteiger partial charge in [-0.25, -0.2) is 0 Å². The Morgan fingerprint density at radius 1 is 1.07 bits per heavy atom. The van der Waals surface area contributed by atoms with Gasteiger partial charge in [0.1, 0.15) is 5.75 Å². The molecule has 2 saturated heterocycles. The van der Waals surface area contributed by atoms with Gasteiger partial charge in [-0.2, -0.15) is 0 Å². The number of benzene rings is 2. The first kappa shape index (κ1) is 35.3. The fourth-order valence-corrected chi connectivity index (χ4v) is 4.95. The molecule has 0 aromatic heterocycles. The van der Waals surface area contributed by atoms with Gasteiger partial charge in [-0.15, -0.1) is 0 Å². The van der Waals surface area contributed by atoms with Gasteiger partial charge in [0.05, 0.1) is 6.61 Å². The number of nitrogens with two attached hydrogens (primary N) is 1. The van der Waals surface area contributed by atoms with E-state index < -0.39 is 0 Å². The largest absolute Gasteiger partial charge is 0.493 e. The highest BCUT2D eigenvalue weighted by atomic mass is 16.5. The molecule has 2 heterocycles. The number of allylic oxidation sites excluding steroid dienone is 2. The maximum Gasteiger partial charge on any atom is 0.254 e. The molecule has 2 N–H and O–H groups in total. The first-order valence-corrected chi connectivity index (χ1v) is 15.8. The van der Waals surface area contributed by atoms with Crippen LogP contribution >= 0.6 is 0 Å². The van der Waals surface area contributed by atoms with Crippen molar-refractivity contribution >= 4 is 12.0 Å². The van der Waals surface area contributed by atoms with E-state index in [2.05, 4.69) is 64.6 Å². The van der Waals surface area contributed by atoms with Crippen molar-refractivity contribution in [2.75, 3.05) is 32.9 Å². The number of aryl methyl sites for hydroxylation is 2. The van der Waals surface area contributed by atoms with Crippen molar-refractivity contribution in [1.29, 1.82) is 0 Å². The van der Waals surface area contributed by atoms with Gasteiger partial charge in [-0.05, 0) is 113 Å². The molecule has 232 valence electrons. The maximum atomic E-state index is 12.6. The zero-order valence-corrected chi connectivity index (χ0v) is 27.4. The summed E-state index contributed by atoms with van der Waals surface area (Å²) < 4.78 is 11.0. The summed E-state index contributed by atoms with van der Waals surface area (Å²) in [5, 5.41) is 0.